The fraction of sp³-hybridized carbons (Fsp3) is 0.600. The van der Waals surface area contributed by atoms with Crippen molar-refractivity contribution >= 4 is 11.9 Å². The van der Waals surface area contributed by atoms with Gasteiger partial charge in [-0.2, -0.15) is 0 Å². The Hall–Kier alpha value is -1.82. The number of hydrogen-bond donors (Lipinski definition) is 2. The maximum atomic E-state index is 12.6. The molecule has 0 bridgehead atoms. The molecule has 1 amide bonds. The lowest BCUT2D eigenvalue weighted by molar-refractivity contribution is -0.136. The number of nitrogens with zero attached hydrogens (tertiary/aromatic N) is 2. The molecule has 1 unspecified atom stereocenters. The van der Waals surface area contributed by atoms with E-state index in [1.807, 2.05) is 35.6 Å². The van der Waals surface area contributed by atoms with Crippen LogP contribution in [0.25, 0.3) is 0 Å². The van der Waals surface area contributed by atoms with Crippen LogP contribution < -0.4 is 5.32 Å². The first-order chi connectivity index (χ1) is 9.99. The van der Waals surface area contributed by atoms with E-state index in [2.05, 4.69) is 5.32 Å². The minimum atomic E-state index is -0.849. The second-order valence-corrected chi connectivity index (χ2v) is 5.70. The van der Waals surface area contributed by atoms with E-state index in [9.17, 15) is 9.59 Å². The molecule has 2 N–H and O–H groups in total. The summed E-state index contributed by atoms with van der Waals surface area (Å²) in [6, 6.07) is 3.81. The monoisotopic (exact) mass is 293 g/mol. The summed E-state index contributed by atoms with van der Waals surface area (Å²) in [5.74, 6) is -0.463. The van der Waals surface area contributed by atoms with Gasteiger partial charge in [0.15, 0.2) is 0 Å². The van der Waals surface area contributed by atoms with Crippen molar-refractivity contribution in [2.75, 3.05) is 26.2 Å². The molecule has 1 aliphatic heterocycles. The number of amides is 1. The molecule has 0 aromatic carbocycles. The van der Waals surface area contributed by atoms with Crippen molar-refractivity contribution in [2.24, 2.45) is 13.0 Å². The minimum Gasteiger partial charge on any atom is -0.480 e. The van der Waals surface area contributed by atoms with Gasteiger partial charge in [-0.25, -0.2) is 0 Å². The summed E-state index contributed by atoms with van der Waals surface area (Å²) < 4.78 is 1.91. The number of aryl methyl sites for hydroxylation is 1. The fourth-order valence-electron chi connectivity index (χ4n) is 2.79. The number of carbonyl (C=O) groups is 2. The third kappa shape index (κ3) is 3.85. The largest absolute Gasteiger partial charge is 0.480 e. The van der Waals surface area contributed by atoms with E-state index in [1.54, 1.807) is 0 Å². The average molecular weight is 293 g/mol. The summed E-state index contributed by atoms with van der Waals surface area (Å²) in [5.41, 5.74) is 1.78. The predicted octanol–water partition coefficient (Wildman–Crippen LogP) is 0.860. The number of likely N-dealkylation sites (tertiary alicyclic amines) is 1. The van der Waals surface area contributed by atoms with Crippen LogP contribution in [0, 0.1) is 12.8 Å². The molecule has 1 aliphatic rings. The second-order valence-electron chi connectivity index (χ2n) is 5.70. The van der Waals surface area contributed by atoms with E-state index in [1.165, 1.54) is 0 Å². The van der Waals surface area contributed by atoms with Crippen molar-refractivity contribution in [2.45, 2.75) is 19.8 Å². The zero-order valence-corrected chi connectivity index (χ0v) is 12.6. The molecule has 2 heterocycles. The van der Waals surface area contributed by atoms with Gasteiger partial charge in [-0.3, -0.25) is 9.59 Å². The highest BCUT2D eigenvalue weighted by atomic mass is 16.4. The molecule has 116 valence electrons. The van der Waals surface area contributed by atoms with Gasteiger partial charge in [0, 0.05) is 32.4 Å². The average Bonchev–Trinajstić information content (AvgIpc) is 2.78. The Kier molecular flexibility index (Phi) is 5.01. The first-order valence-corrected chi connectivity index (χ1v) is 7.33. The Balaban J connectivity index is 1.92. The van der Waals surface area contributed by atoms with E-state index in [0.717, 1.165) is 25.1 Å². The van der Waals surface area contributed by atoms with Gasteiger partial charge in [0.05, 0.1) is 6.54 Å². The van der Waals surface area contributed by atoms with E-state index in [4.69, 9.17) is 5.11 Å². The lowest BCUT2D eigenvalue weighted by Gasteiger charge is -2.33. The normalized spacial score (nSPS) is 18.8. The molecule has 0 spiro atoms. The van der Waals surface area contributed by atoms with Gasteiger partial charge in [0.1, 0.15) is 5.69 Å². The second kappa shape index (κ2) is 6.76. The fourth-order valence-corrected chi connectivity index (χ4v) is 2.79. The molecule has 1 saturated heterocycles. The Bertz CT molecular complexity index is 524. The van der Waals surface area contributed by atoms with Crippen LogP contribution in [0.3, 0.4) is 0 Å². The van der Waals surface area contributed by atoms with Crippen LogP contribution in [0.4, 0.5) is 0 Å². The van der Waals surface area contributed by atoms with Gasteiger partial charge in [0.2, 0.25) is 0 Å². The third-order valence-electron chi connectivity index (χ3n) is 4.11. The Morgan fingerprint density at radius 1 is 1.43 bits per heavy atom. The molecule has 21 heavy (non-hydrogen) atoms. The van der Waals surface area contributed by atoms with Crippen LogP contribution in [0.15, 0.2) is 12.1 Å². The van der Waals surface area contributed by atoms with Crippen LogP contribution in [0.5, 0.6) is 0 Å². The summed E-state index contributed by atoms with van der Waals surface area (Å²) in [6.45, 7) is 4.06. The van der Waals surface area contributed by atoms with Crippen molar-refractivity contribution in [3.05, 3.63) is 23.5 Å². The van der Waals surface area contributed by atoms with Gasteiger partial charge in [0.25, 0.3) is 5.91 Å². The van der Waals surface area contributed by atoms with Crippen molar-refractivity contribution < 1.29 is 14.7 Å². The molecular weight excluding hydrogens is 270 g/mol. The number of piperidine rings is 1. The molecular formula is C15H23N3O3. The van der Waals surface area contributed by atoms with Crippen molar-refractivity contribution in [3.8, 4) is 0 Å². The highest BCUT2D eigenvalue weighted by Gasteiger charge is 2.25. The SMILES string of the molecule is Cc1ccc(C(=O)N2CCCC(CNCC(=O)O)C2)n1C. The first kappa shape index (κ1) is 15.6. The maximum absolute atomic E-state index is 12.6. The lowest BCUT2D eigenvalue weighted by Crippen LogP contribution is -2.43. The Morgan fingerprint density at radius 3 is 2.81 bits per heavy atom. The topological polar surface area (TPSA) is 74.6 Å². The quantitative estimate of drug-likeness (QED) is 0.844. The Labute approximate surface area is 124 Å². The lowest BCUT2D eigenvalue weighted by atomic mass is 9.97. The van der Waals surface area contributed by atoms with Crippen LogP contribution >= 0.6 is 0 Å². The number of hydrogen-bond acceptors (Lipinski definition) is 3. The summed E-state index contributed by atoms with van der Waals surface area (Å²) in [7, 11) is 1.90. The molecule has 6 nitrogen and oxygen atoms in total. The molecule has 2 rings (SSSR count). The number of carboxylic acids is 1. The number of rotatable bonds is 5. The van der Waals surface area contributed by atoms with Crippen molar-refractivity contribution in [3.63, 3.8) is 0 Å². The molecule has 1 fully saturated rings. The van der Waals surface area contributed by atoms with Gasteiger partial charge < -0.3 is 19.9 Å². The number of carboxylic acid groups (broad SMARTS) is 1. The van der Waals surface area contributed by atoms with Crippen LogP contribution in [0.1, 0.15) is 29.0 Å². The standard InChI is InChI=1S/C15H23N3O3/c1-11-5-6-13(17(11)2)15(21)18-7-3-4-12(10-18)8-16-9-14(19)20/h5-6,12,16H,3-4,7-10H2,1-2H3,(H,19,20). The highest BCUT2D eigenvalue weighted by molar-refractivity contribution is 5.93. The van der Waals surface area contributed by atoms with Gasteiger partial charge in [-0.05, 0) is 37.8 Å². The predicted molar refractivity (Wildman–Crippen MR) is 79.3 cm³/mol. The molecule has 0 saturated carbocycles. The number of aromatic nitrogens is 1. The van der Waals surface area contributed by atoms with Crippen LogP contribution in [-0.2, 0) is 11.8 Å². The van der Waals surface area contributed by atoms with E-state index in [0.29, 0.717) is 24.7 Å². The first-order valence-electron chi connectivity index (χ1n) is 7.33. The summed E-state index contributed by atoms with van der Waals surface area (Å²) >= 11 is 0. The smallest absolute Gasteiger partial charge is 0.317 e. The van der Waals surface area contributed by atoms with Crippen LogP contribution in [0.2, 0.25) is 0 Å². The molecule has 1 aromatic rings. The molecule has 0 radical (unpaired) electrons. The molecule has 1 atom stereocenters. The molecule has 1 aromatic heterocycles. The third-order valence-corrected chi connectivity index (χ3v) is 4.11. The maximum Gasteiger partial charge on any atom is 0.317 e. The molecule has 0 aliphatic carbocycles. The number of carbonyl (C=O) groups excluding carboxylic acids is 1. The van der Waals surface area contributed by atoms with Gasteiger partial charge in [-0.1, -0.05) is 0 Å². The number of nitrogens with one attached hydrogen (secondary N) is 1. The van der Waals surface area contributed by atoms with Gasteiger partial charge >= 0.3 is 5.97 Å². The summed E-state index contributed by atoms with van der Waals surface area (Å²) in [4.78, 5) is 24.9. The number of aliphatic carboxylic acids is 1. The van der Waals surface area contributed by atoms with Crippen molar-refractivity contribution in [1.82, 2.24) is 14.8 Å². The Morgan fingerprint density at radius 2 is 2.19 bits per heavy atom. The van der Waals surface area contributed by atoms with Gasteiger partial charge in [-0.15, -0.1) is 0 Å². The zero-order chi connectivity index (χ0) is 15.4. The highest BCUT2D eigenvalue weighted by Crippen LogP contribution is 2.19. The minimum absolute atomic E-state index is 0.0263. The summed E-state index contributed by atoms with van der Waals surface area (Å²) in [6.07, 6.45) is 2.00. The summed E-state index contributed by atoms with van der Waals surface area (Å²) in [5, 5.41) is 11.6. The van der Waals surface area contributed by atoms with E-state index < -0.39 is 5.97 Å². The van der Waals surface area contributed by atoms with Crippen LogP contribution in [-0.4, -0.2) is 52.6 Å². The van der Waals surface area contributed by atoms with Crippen molar-refractivity contribution in [1.29, 1.82) is 0 Å². The van der Waals surface area contributed by atoms with E-state index >= 15 is 0 Å². The molecule has 6 heteroatoms. The van der Waals surface area contributed by atoms with E-state index in [-0.39, 0.29) is 12.5 Å². The zero-order valence-electron chi connectivity index (χ0n) is 12.6.